The van der Waals surface area contributed by atoms with E-state index in [2.05, 4.69) is 55.1 Å². The summed E-state index contributed by atoms with van der Waals surface area (Å²) in [7, 11) is 0. The summed E-state index contributed by atoms with van der Waals surface area (Å²) in [5, 5.41) is 7.00. The van der Waals surface area contributed by atoms with E-state index >= 15 is 0 Å². The number of nitrogens with zero attached hydrogens (tertiary/aromatic N) is 3. The number of aliphatic imine (C=N–C) groups is 1. The van der Waals surface area contributed by atoms with Crippen molar-refractivity contribution in [3.63, 3.8) is 0 Å². The molecular weight excluding hydrogens is 274 g/mol. The molecule has 0 bridgehead atoms. The Hall–Kier alpha value is -0.810. The summed E-state index contributed by atoms with van der Waals surface area (Å²) in [6, 6.07) is 1.22. The van der Waals surface area contributed by atoms with Crippen LogP contribution in [0.2, 0.25) is 0 Å². The highest BCUT2D eigenvalue weighted by molar-refractivity contribution is 5.80. The Morgan fingerprint density at radius 2 is 1.82 bits per heavy atom. The van der Waals surface area contributed by atoms with Gasteiger partial charge in [-0.25, -0.2) is 0 Å². The third-order valence-electron chi connectivity index (χ3n) is 4.53. The molecule has 22 heavy (non-hydrogen) atoms. The summed E-state index contributed by atoms with van der Waals surface area (Å²) in [6.07, 6.45) is 2.41. The van der Waals surface area contributed by atoms with E-state index in [-0.39, 0.29) is 0 Å². The molecule has 0 saturated carbocycles. The number of guanidine groups is 1. The van der Waals surface area contributed by atoms with Crippen LogP contribution in [0.5, 0.6) is 0 Å². The van der Waals surface area contributed by atoms with E-state index in [0.29, 0.717) is 12.1 Å². The summed E-state index contributed by atoms with van der Waals surface area (Å²) in [4.78, 5) is 9.71. The van der Waals surface area contributed by atoms with Crippen LogP contribution in [-0.4, -0.2) is 73.7 Å². The fraction of sp³-hybridized carbons (Fsp3) is 0.941. The number of hydrogen-bond acceptors (Lipinski definition) is 3. The molecule has 0 aromatic carbocycles. The molecule has 1 aliphatic rings. The van der Waals surface area contributed by atoms with E-state index in [4.69, 9.17) is 4.99 Å². The Morgan fingerprint density at radius 1 is 1.18 bits per heavy atom. The number of rotatable bonds is 8. The van der Waals surface area contributed by atoms with Crippen molar-refractivity contribution in [3.05, 3.63) is 0 Å². The second-order valence-electron chi connectivity index (χ2n) is 6.34. The predicted octanol–water partition coefficient (Wildman–Crippen LogP) is 1.76. The Balaban J connectivity index is 2.40. The van der Waals surface area contributed by atoms with Gasteiger partial charge in [0.1, 0.15) is 0 Å². The van der Waals surface area contributed by atoms with Crippen molar-refractivity contribution in [2.75, 3.05) is 45.8 Å². The number of hydrogen-bond donors (Lipinski definition) is 2. The molecular formula is C17H37N5. The third-order valence-corrected chi connectivity index (χ3v) is 4.53. The number of piperidine rings is 1. The molecule has 1 rings (SSSR count). The Labute approximate surface area is 137 Å². The molecule has 0 atom stereocenters. The van der Waals surface area contributed by atoms with Crippen LogP contribution < -0.4 is 10.6 Å². The lowest BCUT2D eigenvalue weighted by Crippen LogP contribution is -2.50. The lowest BCUT2D eigenvalue weighted by atomic mass is 10.0. The van der Waals surface area contributed by atoms with E-state index in [9.17, 15) is 0 Å². The zero-order chi connectivity index (χ0) is 16.4. The van der Waals surface area contributed by atoms with Gasteiger partial charge in [-0.15, -0.1) is 0 Å². The van der Waals surface area contributed by atoms with Crippen molar-refractivity contribution in [3.8, 4) is 0 Å². The molecule has 0 aromatic rings. The van der Waals surface area contributed by atoms with Crippen molar-refractivity contribution in [1.29, 1.82) is 0 Å². The van der Waals surface area contributed by atoms with Crippen LogP contribution in [0.3, 0.4) is 0 Å². The Kier molecular flexibility index (Phi) is 9.48. The molecule has 0 unspecified atom stereocenters. The second-order valence-corrected chi connectivity index (χ2v) is 6.34. The van der Waals surface area contributed by atoms with Gasteiger partial charge in [-0.1, -0.05) is 13.8 Å². The minimum Gasteiger partial charge on any atom is -0.357 e. The monoisotopic (exact) mass is 311 g/mol. The number of likely N-dealkylation sites (tertiary alicyclic amines) is 1. The number of nitrogens with one attached hydrogen (secondary N) is 2. The van der Waals surface area contributed by atoms with Crippen LogP contribution in [0.4, 0.5) is 0 Å². The minimum absolute atomic E-state index is 0.557. The topological polar surface area (TPSA) is 42.9 Å². The van der Waals surface area contributed by atoms with Crippen molar-refractivity contribution < 1.29 is 0 Å². The average Bonchev–Trinajstić information content (AvgIpc) is 2.52. The second kappa shape index (κ2) is 10.8. The van der Waals surface area contributed by atoms with Crippen LogP contribution in [0.1, 0.15) is 47.5 Å². The lowest BCUT2D eigenvalue weighted by Gasteiger charge is -2.35. The van der Waals surface area contributed by atoms with Gasteiger partial charge in [-0.3, -0.25) is 4.99 Å². The largest absolute Gasteiger partial charge is 0.357 e. The molecule has 0 radical (unpaired) electrons. The first-order valence-electron chi connectivity index (χ1n) is 9.11. The first-order chi connectivity index (χ1) is 10.6. The van der Waals surface area contributed by atoms with Gasteiger partial charge in [0.2, 0.25) is 0 Å². The molecule has 0 spiro atoms. The molecule has 0 aromatic heterocycles. The van der Waals surface area contributed by atoms with Crippen molar-refractivity contribution in [2.24, 2.45) is 4.99 Å². The molecule has 2 N–H and O–H groups in total. The maximum absolute atomic E-state index is 4.74. The molecule has 130 valence electrons. The number of likely N-dealkylation sites (N-methyl/N-ethyl adjacent to an activating group) is 1. The van der Waals surface area contributed by atoms with Gasteiger partial charge < -0.3 is 20.4 Å². The van der Waals surface area contributed by atoms with Crippen LogP contribution >= 0.6 is 0 Å². The van der Waals surface area contributed by atoms with Gasteiger partial charge in [-0.2, -0.15) is 0 Å². The van der Waals surface area contributed by atoms with E-state index < -0.39 is 0 Å². The first-order valence-corrected chi connectivity index (χ1v) is 9.11. The van der Waals surface area contributed by atoms with Crippen molar-refractivity contribution in [1.82, 2.24) is 20.4 Å². The highest BCUT2D eigenvalue weighted by Gasteiger charge is 2.21. The van der Waals surface area contributed by atoms with Crippen LogP contribution in [-0.2, 0) is 0 Å². The Bertz CT molecular complexity index is 304. The van der Waals surface area contributed by atoms with E-state index in [1.54, 1.807) is 0 Å². The summed E-state index contributed by atoms with van der Waals surface area (Å²) in [5.41, 5.74) is 0. The fourth-order valence-corrected chi connectivity index (χ4v) is 2.92. The third kappa shape index (κ3) is 6.97. The lowest BCUT2D eigenvalue weighted by molar-refractivity contribution is 0.167. The minimum atomic E-state index is 0.557. The summed E-state index contributed by atoms with van der Waals surface area (Å²) < 4.78 is 0. The zero-order valence-corrected chi connectivity index (χ0v) is 15.4. The van der Waals surface area contributed by atoms with Gasteiger partial charge >= 0.3 is 0 Å². The highest BCUT2D eigenvalue weighted by Crippen LogP contribution is 2.12. The average molecular weight is 312 g/mol. The molecule has 1 saturated heterocycles. The zero-order valence-electron chi connectivity index (χ0n) is 15.4. The van der Waals surface area contributed by atoms with E-state index in [1.807, 2.05) is 0 Å². The summed E-state index contributed by atoms with van der Waals surface area (Å²) >= 11 is 0. The van der Waals surface area contributed by atoms with Gasteiger partial charge in [0.15, 0.2) is 5.96 Å². The van der Waals surface area contributed by atoms with Crippen LogP contribution in [0.25, 0.3) is 0 Å². The molecule has 0 aliphatic carbocycles. The SMILES string of the molecule is CCNC(=NCCN(CC)CC)NC1CCN(C(C)C)CC1. The first kappa shape index (κ1) is 19.2. The fourth-order valence-electron chi connectivity index (χ4n) is 2.92. The van der Waals surface area contributed by atoms with Crippen LogP contribution in [0.15, 0.2) is 4.99 Å². The van der Waals surface area contributed by atoms with E-state index in [0.717, 1.165) is 38.7 Å². The van der Waals surface area contributed by atoms with Crippen LogP contribution in [0, 0.1) is 0 Å². The van der Waals surface area contributed by atoms with Gasteiger partial charge in [-0.05, 0) is 46.7 Å². The van der Waals surface area contributed by atoms with Gasteiger partial charge in [0.05, 0.1) is 6.54 Å². The molecule has 5 nitrogen and oxygen atoms in total. The Morgan fingerprint density at radius 3 is 2.32 bits per heavy atom. The van der Waals surface area contributed by atoms with Gasteiger partial charge in [0, 0.05) is 38.3 Å². The predicted molar refractivity (Wildman–Crippen MR) is 96.6 cm³/mol. The molecule has 1 heterocycles. The molecule has 5 heteroatoms. The summed E-state index contributed by atoms with van der Waals surface area (Å²) in [6.45, 7) is 18.5. The molecule has 1 fully saturated rings. The smallest absolute Gasteiger partial charge is 0.191 e. The normalized spacial score (nSPS) is 18.2. The quantitative estimate of drug-likeness (QED) is 0.529. The maximum Gasteiger partial charge on any atom is 0.191 e. The summed E-state index contributed by atoms with van der Waals surface area (Å²) in [5.74, 6) is 0.984. The van der Waals surface area contributed by atoms with Gasteiger partial charge in [0.25, 0.3) is 0 Å². The van der Waals surface area contributed by atoms with Crippen molar-refractivity contribution >= 4 is 5.96 Å². The maximum atomic E-state index is 4.74. The molecule has 1 aliphatic heterocycles. The van der Waals surface area contributed by atoms with E-state index in [1.165, 1.54) is 25.9 Å². The standard InChI is InChI=1S/C17H37N5/c1-6-18-17(19-11-14-21(7-2)8-3)20-16-9-12-22(13-10-16)15(4)5/h15-16H,6-14H2,1-5H3,(H2,18,19,20). The van der Waals surface area contributed by atoms with Crippen molar-refractivity contribution in [2.45, 2.75) is 59.5 Å². The molecule has 0 amide bonds. The highest BCUT2D eigenvalue weighted by atomic mass is 15.2.